The van der Waals surface area contributed by atoms with E-state index in [1.165, 1.54) is 55.6 Å². The minimum Gasteiger partial charge on any atom is -0.356 e. The SMILES string of the molecule is C=C/C(=C\C=C/C)CCN1CCC(N2COCC3=CCCC=C32)CC1.CC.CC.CC. The first-order chi connectivity index (χ1) is 15.3. The van der Waals surface area contributed by atoms with E-state index in [2.05, 4.69) is 53.7 Å². The molecule has 0 saturated carbocycles. The van der Waals surface area contributed by atoms with Crippen LogP contribution in [0.1, 0.15) is 80.6 Å². The van der Waals surface area contributed by atoms with E-state index >= 15 is 0 Å². The molecule has 3 aliphatic rings. The second-order valence-electron chi connectivity index (χ2n) is 7.14. The molecule has 3 rings (SSSR count). The summed E-state index contributed by atoms with van der Waals surface area (Å²) in [5, 5.41) is 0. The van der Waals surface area contributed by atoms with Gasteiger partial charge in [0.25, 0.3) is 0 Å². The van der Waals surface area contributed by atoms with Crippen LogP contribution in [-0.2, 0) is 4.74 Å². The molecule has 2 heterocycles. The number of ether oxygens (including phenoxy) is 1. The number of allylic oxidation sites excluding steroid dienone is 6. The Morgan fingerprint density at radius 3 is 2.32 bits per heavy atom. The lowest BCUT2D eigenvalue weighted by atomic mass is 9.97. The summed E-state index contributed by atoms with van der Waals surface area (Å²) in [6.07, 6.45) is 19.0. The predicted octanol–water partition coefficient (Wildman–Crippen LogP) is 7.50. The molecule has 0 aromatic heterocycles. The van der Waals surface area contributed by atoms with Crippen molar-refractivity contribution in [3.8, 4) is 0 Å². The fourth-order valence-electron chi connectivity index (χ4n) is 3.99. The zero-order valence-electron chi connectivity index (χ0n) is 21.6. The van der Waals surface area contributed by atoms with Crippen molar-refractivity contribution in [2.24, 2.45) is 0 Å². The van der Waals surface area contributed by atoms with E-state index in [-0.39, 0.29) is 0 Å². The molecule has 0 amide bonds. The third-order valence-corrected chi connectivity index (χ3v) is 5.50. The summed E-state index contributed by atoms with van der Waals surface area (Å²) in [6.45, 7) is 23.0. The van der Waals surface area contributed by atoms with Crippen LogP contribution in [0.25, 0.3) is 0 Å². The Labute approximate surface area is 194 Å². The van der Waals surface area contributed by atoms with Crippen LogP contribution in [0.4, 0.5) is 0 Å². The molecule has 0 N–H and O–H groups in total. The van der Waals surface area contributed by atoms with Crippen molar-refractivity contribution in [2.45, 2.75) is 86.6 Å². The Kier molecular flexibility index (Phi) is 18.2. The average Bonchev–Trinajstić information content (AvgIpc) is 2.88. The highest BCUT2D eigenvalue weighted by Gasteiger charge is 2.30. The molecule has 3 nitrogen and oxygen atoms in total. The maximum Gasteiger partial charge on any atom is 0.119 e. The molecular formula is C28H50N2O. The van der Waals surface area contributed by atoms with Crippen molar-refractivity contribution in [1.29, 1.82) is 0 Å². The number of nitrogens with zero attached hydrogens (tertiary/aromatic N) is 2. The van der Waals surface area contributed by atoms with Gasteiger partial charge in [-0.3, -0.25) is 0 Å². The Morgan fingerprint density at radius 2 is 1.71 bits per heavy atom. The van der Waals surface area contributed by atoms with E-state index in [0.717, 1.165) is 26.3 Å². The molecule has 0 spiro atoms. The van der Waals surface area contributed by atoms with Gasteiger partial charge in [-0.1, -0.05) is 84.6 Å². The zero-order valence-corrected chi connectivity index (χ0v) is 21.6. The molecule has 0 radical (unpaired) electrons. The van der Waals surface area contributed by atoms with E-state index < -0.39 is 0 Å². The number of likely N-dealkylation sites (tertiary alicyclic amines) is 1. The average molecular weight is 431 g/mol. The third kappa shape index (κ3) is 10.1. The Morgan fingerprint density at radius 1 is 1.06 bits per heavy atom. The van der Waals surface area contributed by atoms with Crippen molar-refractivity contribution in [3.05, 3.63) is 59.9 Å². The minimum atomic E-state index is 0.627. The monoisotopic (exact) mass is 430 g/mol. The van der Waals surface area contributed by atoms with E-state index in [9.17, 15) is 0 Å². The van der Waals surface area contributed by atoms with Gasteiger partial charge in [0, 0.05) is 31.4 Å². The molecule has 0 atom stereocenters. The maximum absolute atomic E-state index is 5.84. The van der Waals surface area contributed by atoms with E-state index in [4.69, 9.17) is 4.74 Å². The van der Waals surface area contributed by atoms with Gasteiger partial charge in [-0.15, -0.1) is 0 Å². The van der Waals surface area contributed by atoms with Crippen LogP contribution >= 0.6 is 0 Å². The molecule has 2 saturated heterocycles. The maximum atomic E-state index is 5.84. The number of piperidine rings is 1. The van der Waals surface area contributed by atoms with Gasteiger partial charge in [0.2, 0.25) is 0 Å². The number of hydrogen-bond donors (Lipinski definition) is 0. The second-order valence-corrected chi connectivity index (χ2v) is 7.14. The van der Waals surface area contributed by atoms with Gasteiger partial charge in [-0.25, -0.2) is 0 Å². The van der Waals surface area contributed by atoms with E-state index in [1.807, 2.05) is 47.6 Å². The molecular weight excluding hydrogens is 380 g/mol. The van der Waals surface area contributed by atoms with Crippen LogP contribution in [0.15, 0.2) is 59.9 Å². The molecule has 2 fully saturated rings. The van der Waals surface area contributed by atoms with Crippen molar-refractivity contribution in [1.82, 2.24) is 9.80 Å². The van der Waals surface area contributed by atoms with Gasteiger partial charge in [-0.05, 0) is 50.2 Å². The van der Waals surface area contributed by atoms with Crippen LogP contribution in [0.3, 0.4) is 0 Å². The molecule has 178 valence electrons. The highest BCUT2D eigenvalue weighted by molar-refractivity contribution is 5.34. The van der Waals surface area contributed by atoms with Crippen molar-refractivity contribution >= 4 is 0 Å². The molecule has 0 bridgehead atoms. The molecule has 0 unspecified atom stereocenters. The molecule has 0 aromatic rings. The quantitative estimate of drug-likeness (QED) is 0.406. The third-order valence-electron chi connectivity index (χ3n) is 5.50. The van der Waals surface area contributed by atoms with Crippen LogP contribution in [0.5, 0.6) is 0 Å². The van der Waals surface area contributed by atoms with Crippen molar-refractivity contribution < 1.29 is 4.74 Å². The largest absolute Gasteiger partial charge is 0.356 e. The van der Waals surface area contributed by atoms with Crippen LogP contribution in [-0.4, -0.2) is 48.8 Å². The Bertz CT molecular complexity index is 578. The zero-order chi connectivity index (χ0) is 23.5. The standard InChI is InChI=1S/C22H32N2O.3C2H6/c1-3-5-8-19(4-2)11-14-23-15-12-21(13-16-23)24-18-25-17-20-9-6-7-10-22(20)24;3*1-2/h3-5,8-10,21H,2,6-7,11-18H2,1H3;3*1-2H3/b5-3-,19-8+;;;. The molecule has 0 aromatic carbocycles. The molecule has 3 heteroatoms. The van der Waals surface area contributed by atoms with Crippen molar-refractivity contribution in [3.63, 3.8) is 0 Å². The summed E-state index contributed by atoms with van der Waals surface area (Å²) < 4.78 is 5.84. The lowest BCUT2D eigenvalue weighted by molar-refractivity contribution is -0.00191. The first-order valence-corrected chi connectivity index (χ1v) is 12.7. The highest BCUT2D eigenvalue weighted by atomic mass is 16.5. The summed E-state index contributed by atoms with van der Waals surface area (Å²) in [5.41, 5.74) is 4.19. The fourth-order valence-corrected chi connectivity index (χ4v) is 3.99. The minimum absolute atomic E-state index is 0.627. The first kappa shape index (κ1) is 29.4. The van der Waals surface area contributed by atoms with Crippen LogP contribution in [0.2, 0.25) is 0 Å². The van der Waals surface area contributed by atoms with Gasteiger partial charge in [0.1, 0.15) is 6.73 Å². The number of hydrogen-bond acceptors (Lipinski definition) is 3. The van der Waals surface area contributed by atoms with Gasteiger partial charge in [-0.2, -0.15) is 0 Å². The number of fused-ring (bicyclic) bond motifs is 1. The predicted molar refractivity (Wildman–Crippen MR) is 139 cm³/mol. The summed E-state index contributed by atoms with van der Waals surface area (Å²) in [7, 11) is 0. The Hall–Kier alpha value is -1.58. The van der Waals surface area contributed by atoms with Gasteiger partial charge >= 0.3 is 0 Å². The smallest absolute Gasteiger partial charge is 0.119 e. The van der Waals surface area contributed by atoms with E-state index in [0.29, 0.717) is 6.04 Å². The lowest BCUT2D eigenvalue weighted by Gasteiger charge is -2.44. The highest BCUT2D eigenvalue weighted by Crippen LogP contribution is 2.31. The summed E-state index contributed by atoms with van der Waals surface area (Å²) in [4.78, 5) is 5.12. The van der Waals surface area contributed by atoms with Gasteiger partial charge in [0.15, 0.2) is 0 Å². The van der Waals surface area contributed by atoms with E-state index in [1.54, 1.807) is 0 Å². The summed E-state index contributed by atoms with van der Waals surface area (Å²) in [6, 6.07) is 0.627. The van der Waals surface area contributed by atoms with Crippen LogP contribution < -0.4 is 0 Å². The van der Waals surface area contributed by atoms with Gasteiger partial charge < -0.3 is 14.5 Å². The number of rotatable bonds is 6. The second kappa shape index (κ2) is 19.1. The molecule has 1 aliphatic carbocycles. The molecule has 2 aliphatic heterocycles. The first-order valence-electron chi connectivity index (χ1n) is 12.7. The van der Waals surface area contributed by atoms with Crippen molar-refractivity contribution in [2.75, 3.05) is 33.0 Å². The lowest BCUT2D eigenvalue weighted by Crippen LogP contribution is -2.47. The van der Waals surface area contributed by atoms with Crippen LogP contribution in [0, 0.1) is 0 Å². The van der Waals surface area contributed by atoms with Gasteiger partial charge in [0.05, 0.1) is 6.61 Å². The fraction of sp³-hybridized carbons (Fsp3) is 0.643. The summed E-state index contributed by atoms with van der Waals surface area (Å²) >= 11 is 0. The normalized spacial score (nSPS) is 19.5. The Balaban J connectivity index is 0.00000138. The molecule has 31 heavy (non-hydrogen) atoms. The summed E-state index contributed by atoms with van der Waals surface area (Å²) in [5.74, 6) is 0. The topological polar surface area (TPSA) is 15.7 Å².